The molecule has 116 valence electrons. The van der Waals surface area contributed by atoms with E-state index >= 15 is 0 Å². The molecule has 0 aliphatic carbocycles. The number of sulfonamides is 1. The van der Waals surface area contributed by atoms with Crippen LogP contribution in [0.3, 0.4) is 0 Å². The molecule has 0 atom stereocenters. The molecule has 0 unspecified atom stereocenters. The molecule has 2 aromatic rings. The molecule has 3 rings (SSSR count). The molecular formula is C11H10ClN5O4S. The number of hydrogen-bond donors (Lipinski definition) is 0. The molecule has 1 aromatic carbocycles. The van der Waals surface area contributed by atoms with Crippen LogP contribution in [0.2, 0.25) is 5.02 Å². The third-order valence-corrected chi connectivity index (χ3v) is 5.51. The van der Waals surface area contributed by atoms with E-state index in [4.69, 9.17) is 11.6 Å². The Morgan fingerprint density at radius 3 is 2.77 bits per heavy atom. The molecule has 0 N–H and O–H groups in total. The van der Waals surface area contributed by atoms with Crippen LogP contribution in [-0.4, -0.2) is 34.7 Å². The van der Waals surface area contributed by atoms with Gasteiger partial charge >= 0.3 is 0 Å². The van der Waals surface area contributed by atoms with Gasteiger partial charge in [-0.2, -0.15) is 10.1 Å². The van der Waals surface area contributed by atoms with Gasteiger partial charge in [0, 0.05) is 25.2 Å². The maximum Gasteiger partial charge on any atom is 0.271 e. The van der Waals surface area contributed by atoms with Crippen molar-refractivity contribution in [2.75, 3.05) is 10.8 Å². The maximum absolute atomic E-state index is 12.7. The second-order valence-corrected chi connectivity index (χ2v) is 6.82. The average molecular weight is 344 g/mol. The first-order valence-electron chi connectivity index (χ1n) is 6.26. The predicted molar refractivity (Wildman–Crippen MR) is 77.3 cm³/mol. The van der Waals surface area contributed by atoms with Gasteiger partial charge in [-0.05, 0) is 12.5 Å². The molecule has 1 aromatic heterocycles. The summed E-state index contributed by atoms with van der Waals surface area (Å²) in [5.74, 6) is 0.209. The number of nitro benzene ring substituents is 1. The van der Waals surface area contributed by atoms with Gasteiger partial charge in [-0.25, -0.2) is 17.4 Å². The van der Waals surface area contributed by atoms with Crippen LogP contribution in [0.4, 0.5) is 11.6 Å². The highest BCUT2D eigenvalue weighted by Crippen LogP contribution is 2.31. The predicted octanol–water partition coefficient (Wildman–Crippen LogP) is 1.44. The quantitative estimate of drug-likeness (QED) is 0.615. The summed E-state index contributed by atoms with van der Waals surface area (Å²) in [6.07, 6.45) is 1.86. The lowest BCUT2D eigenvalue weighted by Gasteiger charge is -2.27. The molecule has 9 nitrogen and oxygen atoms in total. The van der Waals surface area contributed by atoms with Crippen LogP contribution < -0.4 is 4.31 Å². The molecule has 0 saturated carbocycles. The van der Waals surface area contributed by atoms with Crippen LogP contribution in [0.25, 0.3) is 0 Å². The van der Waals surface area contributed by atoms with Gasteiger partial charge in [-0.1, -0.05) is 11.6 Å². The Bertz CT molecular complexity index is 850. The molecule has 0 spiro atoms. The first-order chi connectivity index (χ1) is 10.4. The number of benzene rings is 1. The molecule has 0 saturated heterocycles. The number of anilines is 1. The average Bonchev–Trinajstić information content (AvgIpc) is 2.94. The van der Waals surface area contributed by atoms with E-state index in [0.29, 0.717) is 13.0 Å². The molecular weight excluding hydrogens is 334 g/mol. The molecule has 0 radical (unpaired) electrons. The molecule has 11 heteroatoms. The van der Waals surface area contributed by atoms with Crippen molar-refractivity contribution in [2.24, 2.45) is 0 Å². The molecule has 1 aliphatic heterocycles. The van der Waals surface area contributed by atoms with Crippen molar-refractivity contribution in [3.05, 3.63) is 39.7 Å². The maximum atomic E-state index is 12.7. The summed E-state index contributed by atoms with van der Waals surface area (Å²) < 4.78 is 28.1. The number of rotatable bonds is 3. The highest BCUT2D eigenvalue weighted by Gasteiger charge is 2.33. The third kappa shape index (κ3) is 2.29. The first kappa shape index (κ1) is 14.7. The van der Waals surface area contributed by atoms with Gasteiger partial charge in [0.15, 0.2) is 0 Å². The summed E-state index contributed by atoms with van der Waals surface area (Å²) >= 11 is 5.93. The van der Waals surface area contributed by atoms with E-state index in [-0.39, 0.29) is 28.1 Å². The van der Waals surface area contributed by atoms with Crippen LogP contribution in [0.15, 0.2) is 29.4 Å². The fraction of sp³-hybridized carbons (Fsp3) is 0.273. The van der Waals surface area contributed by atoms with Crippen molar-refractivity contribution in [3.8, 4) is 0 Å². The van der Waals surface area contributed by atoms with Gasteiger partial charge in [0.05, 0.1) is 9.95 Å². The van der Waals surface area contributed by atoms with Crippen molar-refractivity contribution in [2.45, 2.75) is 17.9 Å². The molecule has 0 amide bonds. The lowest BCUT2D eigenvalue weighted by atomic mass is 10.3. The van der Waals surface area contributed by atoms with Crippen molar-refractivity contribution < 1.29 is 13.3 Å². The molecule has 22 heavy (non-hydrogen) atoms. The molecule has 0 fully saturated rings. The van der Waals surface area contributed by atoms with Gasteiger partial charge in [0.25, 0.3) is 15.7 Å². The van der Waals surface area contributed by atoms with E-state index in [1.807, 2.05) is 0 Å². The normalized spacial score (nSPS) is 14.7. The Hall–Kier alpha value is -2.20. The minimum Gasteiger partial charge on any atom is -0.258 e. The fourth-order valence-electron chi connectivity index (χ4n) is 2.23. The number of aromatic nitrogens is 3. The van der Waals surface area contributed by atoms with Crippen molar-refractivity contribution in [3.63, 3.8) is 0 Å². The Morgan fingerprint density at radius 1 is 1.32 bits per heavy atom. The zero-order valence-corrected chi connectivity index (χ0v) is 12.7. The zero-order valence-electron chi connectivity index (χ0n) is 11.1. The summed E-state index contributed by atoms with van der Waals surface area (Å²) in [5, 5.41) is 14.5. The van der Waals surface area contributed by atoms with Crippen molar-refractivity contribution >= 4 is 33.3 Å². The first-order valence-corrected chi connectivity index (χ1v) is 8.07. The van der Waals surface area contributed by atoms with Crippen LogP contribution in [0.1, 0.15) is 6.42 Å². The number of nitrogens with zero attached hydrogens (tertiary/aromatic N) is 5. The molecule has 0 bridgehead atoms. The van der Waals surface area contributed by atoms with Gasteiger partial charge in [0.2, 0.25) is 5.95 Å². The van der Waals surface area contributed by atoms with E-state index in [0.717, 1.165) is 22.5 Å². The number of hydrogen-bond acceptors (Lipinski definition) is 6. The largest absolute Gasteiger partial charge is 0.271 e. The van der Waals surface area contributed by atoms with E-state index in [1.165, 1.54) is 11.0 Å². The summed E-state index contributed by atoms with van der Waals surface area (Å²) in [4.78, 5) is 13.8. The number of aryl methyl sites for hydroxylation is 1. The Kier molecular flexibility index (Phi) is 3.49. The Labute approximate surface area is 130 Å². The number of nitro groups is 1. The van der Waals surface area contributed by atoms with E-state index in [1.54, 1.807) is 0 Å². The third-order valence-electron chi connectivity index (χ3n) is 3.24. The second kappa shape index (κ2) is 5.21. The summed E-state index contributed by atoms with van der Waals surface area (Å²) in [5.41, 5.74) is -0.272. The zero-order chi connectivity index (χ0) is 15.9. The van der Waals surface area contributed by atoms with E-state index in [9.17, 15) is 18.5 Å². The SMILES string of the molecule is O=[N+]([O-])c1ccc(S(=O)(=O)N2CCCn3ncnc32)c(Cl)c1. The fourth-order valence-corrected chi connectivity index (χ4v) is 4.21. The van der Waals surface area contributed by atoms with Crippen molar-refractivity contribution in [1.82, 2.24) is 14.8 Å². The highest BCUT2D eigenvalue weighted by molar-refractivity contribution is 7.93. The lowest BCUT2D eigenvalue weighted by molar-refractivity contribution is -0.384. The monoisotopic (exact) mass is 343 g/mol. The topological polar surface area (TPSA) is 111 Å². The smallest absolute Gasteiger partial charge is 0.258 e. The van der Waals surface area contributed by atoms with Gasteiger partial charge in [0.1, 0.15) is 11.2 Å². The summed E-state index contributed by atoms with van der Waals surface area (Å²) in [7, 11) is -3.96. The van der Waals surface area contributed by atoms with E-state index < -0.39 is 14.9 Å². The van der Waals surface area contributed by atoms with E-state index in [2.05, 4.69) is 10.1 Å². The van der Waals surface area contributed by atoms with Crippen LogP contribution >= 0.6 is 11.6 Å². The van der Waals surface area contributed by atoms with Crippen LogP contribution in [0, 0.1) is 10.1 Å². The van der Waals surface area contributed by atoms with Crippen LogP contribution in [0.5, 0.6) is 0 Å². The Morgan fingerprint density at radius 2 is 2.09 bits per heavy atom. The molecule has 2 heterocycles. The minimum absolute atomic E-state index is 0.198. The summed E-state index contributed by atoms with van der Waals surface area (Å²) in [6, 6.07) is 3.25. The van der Waals surface area contributed by atoms with Crippen molar-refractivity contribution in [1.29, 1.82) is 0 Å². The number of fused-ring (bicyclic) bond motifs is 1. The molecule has 1 aliphatic rings. The van der Waals surface area contributed by atoms with Gasteiger partial charge in [-0.3, -0.25) is 10.1 Å². The highest BCUT2D eigenvalue weighted by atomic mass is 35.5. The second-order valence-electron chi connectivity index (χ2n) is 4.59. The van der Waals surface area contributed by atoms with Gasteiger partial charge < -0.3 is 0 Å². The summed E-state index contributed by atoms with van der Waals surface area (Å²) in [6.45, 7) is 0.823. The standard InChI is InChI=1S/C11H10ClN5O4S/c12-9-6-8(17(18)19)2-3-10(9)22(20,21)16-5-1-4-15-11(16)13-7-14-15/h2-3,6-7H,1,4-5H2. The number of non-ortho nitro benzene ring substituents is 1. The van der Waals surface area contributed by atoms with Gasteiger partial charge in [-0.15, -0.1) is 0 Å². The lowest BCUT2D eigenvalue weighted by Crippen LogP contribution is -2.38. The Balaban J connectivity index is 2.07. The van der Waals surface area contributed by atoms with Crippen LogP contribution in [-0.2, 0) is 16.6 Å². The number of halogens is 1. The minimum atomic E-state index is -3.96.